The number of Topliss-reactive ketones (excluding diaryl/α,β-unsaturated/α-hetero) is 1. The lowest BCUT2D eigenvalue weighted by Crippen LogP contribution is -2.44. The van der Waals surface area contributed by atoms with Gasteiger partial charge in [-0.3, -0.25) is 9.59 Å². The van der Waals surface area contributed by atoms with E-state index in [-0.39, 0.29) is 11.3 Å². The lowest BCUT2D eigenvalue weighted by molar-refractivity contribution is -0.129. The first-order valence-corrected chi connectivity index (χ1v) is 14.2. The summed E-state index contributed by atoms with van der Waals surface area (Å²) in [4.78, 5) is 33.2. The summed E-state index contributed by atoms with van der Waals surface area (Å²) in [7, 11) is 4.06. The molecule has 36 heavy (non-hydrogen) atoms. The van der Waals surface area contributed by atoms with E-state index in [2.05, 4.69) is 28.2 Å². The Balaban J connectivity index is 1.31. The van der Waals surface area contributed by atoms with E-state index in [1.807, 2.05) is 27.1 Å². The molecule has 3 aliphatic carbocycles. The van der Waals surface area contributed by atoms with Gasteiger partial charge in [0.2, 0.25) is 5.91 Å². The van der Waals surface area contributed by atoms with E-state index in [9.17, 15) is 14.7 Å². The highest BCUT2D eigenvalue weighted by molar-refractivity contribution is 7.15. The van der Waals surface area contributed by atoms with Gasteiger partial charge in [-0.05, 0) is 100 Å². The second-order valence-electron chi connectivity index (χ2n) is 11.8. The molecule has 2 fully saturated rings. The van der Waals surface area contributed by atoms with Crippen molar-refractivity contribution in [2.24, 2.45) is 23.2 Å². The second-order valence-corrected chi connectivity index (χ2v) is 13.0. The highest BCUT2D eigenvalue weighted by Gasteiger charge is 2.58. The SMILES string of the molecule is Cc1cnc(NC(=O)CCC[C@@H]2CC(=O)[C@@]3(C)CCC4c5cc(CN(C)C)c(O)cc5CCC4C23)s1. The number of fused-ring (bicyclic) bond motifs is 5. The quantitative estimate of drug-likeness (QED) is 0.502. The van der Waals surface area contributed by atoms with Gasteiger partial charge >= 0.3 is 0 Å². The van der Waals surface area contributed by atoms with E-state index in [4.69, 9.17) is 0 Å². The molecular formula is C29H39N3O3S. The highest BCUT2D eigenvalue weighted by Crippen LogP contribution is 2.62. The Bertz CT molecular complexity index is 1160. The van der Waals surface area contributed by atoms with Crippen LogP contribution >= 0.6 is 11.3 Å². The van der Waals surface area contributed by atoms with Gasteiger partial charge in [0.1, 0.15) is 11.5 Å². The molecule has 0 bridgehead atoms. The molecular weight excluding hydrogens is 470 g/mol. The highest BCUT2D eigenvalue weighted by atomic mass is 32.1. The fourth-order valence-electron chi connectivity index (χ4n) is 7.57. The zero-order valence-electron chi connectivity index (χ0n) is 22.0. The van der Waals surface area contributed by atoms with Gasteiger partial charge < -0.3 is 15.3 Å². The monoisotopic (exact) mass is 509 g/mol. The van der Waals surface area contributed by atoms with Crippen molar-refractivity contribution in [1.82, 2.24) is 9.88 Å². The van der Waals surface area contributed by atoms with E-state index >= 15 is 0 Å². The summed E-state index contributed by atoms with van der Waals surface area (Å²) in [6, 6.07) is 4.25. The minimum atomic E-state index is -0.229. The standard InChI is InChI=1S/C29H39N3O3S/c1-17-15-30-28(36-17)31-26(35)7-5-6-19-14-25(34)29(2)11-10-21-22(27(19)29)9-8-18-13-24(33)20(12-23(18)21)16-32(3)4/h12-13,15,19,21-22,27,33H,5-11,14,16H2,1-4H3,(H,30,31,35)/t19-,21?,22?,27?,29-/m1/s1. The van der Waals surface area contributed by atoms with E-state index in [1.165, 1.54) is 22.5 Å². The van der Waals surface area contributed by atoms with E-state index < -0.39 is 0 Å². The average molecular weight is 510 g/mol. The smallest absolute Gasteiger partial charge is 0.226 e. The molecule has 194 valence electrons. The van der Waals surface area contributed by atoms with Crippen molar-refractivity contribution in [3.63, 3.8) is 0 Å². The van der Waals surface area contributed by atoms with Gasteiger partial charge in [0.25, 0.3) is 0 Å². The molecule has 5 atom stereocenters. The maximum atomic E-state index is 13.3. The topological polar surface area (TPSA) is 82.5 Å². The molecule has 1 aromatic carbocycles. The van der Waals surface area contributed by atoms with Crippen LogP contribution in [0.3, 0.4) is 0 Å². The number of rotatable bonds is 7. The summed E-state index contributed by atoms with van der Waals surface area (Å²) in [5.74, 6) is 2.54. The van der Waals surface area contributed by atoms with Crippen LogP contribution in [0.25, 0.3) is 0 Å². The zero-order valence-corrected chi connectivity index (χ0v) is 22.8. The summed E-state index contributed by atoms with van der Waals surface area (Å²) in [6.07, 6.45) is 8.67. The van der Waals surface area contributed by atoms with Crippen molar-refractivity contribution < 1.29 is 14.7 Å². The molecule has 0 aliphatic heterocycles. The third-order valence-electron chi connectivity index (χ3n) is 9.10. The number of amides is 1. The number of thiazole rings is 1. The van der Waals surface area contributed by atoms with Crippen LogP contribution in [0.15, 0.2) is 18.3 Å². The number of hydrogen-bond acceptors (Lipinski definition) is 6. The minimum absolute atomic E-state index is 0.0118. The Morgan fingerprint density at radius 3 is 2.83 bits per heavy atom. The number of aromatic hydroxyl groups is 1. The maximum Gasteiger partial charge on any atom is 0.226 e. The van der Waals surface area contributed by atoms with E-state index in [1.54, 1.807) is 6.20 Å². The van der Waals surface area contributed by atoms with Crippen LogP contribution in [-0.2, 0) is 22.6 Å². The summed E-state index contributed by atoms with van der Waals surface area (Å²) in [6.45, 7) is 4.92. The largest absolute Gasteiger partial charge is 0.508 e. The molecule has 0 saturated heterocycles. The van der Waals surface area contributed by atoms with Gasteiger partial charge in [-0.25, -0.2) is 4.98 Å². The van der Waals surface area contributed by atoms with Crippen LogP contribution in [0, 0.1) is 30.1 Å². The first kappa shape index (κ1) is 25.4. The summed E-state index contributed by atoms with van der Waals surface area (Å²) < 4.78 is 0. The Morgan fingerprint density at radius 1 is 1.31 bits per heavy atom. The Hall–Kier alpha value is -2.25. The Labute approximate surface area is 218 Å². The molecule has 7 heteroatoms. The molecule has 2 saturated carbocycles. The zero-order chi connectivity index (χ0) is 25.6. The first-order chi connectivity index (χ1) is 17.2. The van der Waals surface area contributed by atoms with Gasteiger partial charge in [-0.1, -0.05) is 13.0 Å². The number of carbonyl (C=O) groups excluding carboxylic acids is 2. The number of phenolic OH excluding ortho intramolecular Hbond substituents is 1. The van der Waals surface area contributed by atoms with E-state index in [0.29, 0.717) is 53.2 Å². The summed E-state index contributed by atoms with van der Waals surface area (Å²) >= 11 is 1.50. The van der Waals surface area contributed by atoms with Crippen molar-refractivity contribution >= 4 is 28.2 Å². The molecule has 1 aromatic heterocycles. The number of phenols is 1. The fourth-order valence-corrected chi connectivity index (χ4v) is 8.25. The lowest BCUT2D eigenvalue weighted by atomic mass is 9.54. The van der Waals surface area contributed by atoms with Crippen LogP contribution in [0.1, 0.15) is 79.4 Å². The van der Waals surface area contributed by atoms with Gasteiger partial charge in [-0.15, -0.1) is 11.3 Å². The third kappa shape index (κ3) is 4.72. The molecule has 0 radical (unpaired) electrons. The van der Waals surface area contributed by atoms with E-state index in [0.717, 1.165) is 55.5 Å². The average Bonchev–Trinajstić information content (AvgIpc) is 3.33. The molecule has 1 heterocycles. The lowest BCUT2D eigenvalue weighted by Gasteiger charge is -2.50. The predicted molar refractivity (Wildman–Crippen MR) is 143 cm³/mol. The number of carbonyl (C=O) groups is 2. The first-order valence-electron chi connectivity index (χ1n) is 13.4. The van der Waals surface area contributed by atoms with Crippen LogP contribution in [0.5, 0.6) is 5.75 Å². The number of anilines is 1. The van der Waals surface area contributed by atoms with Crippen molar-refractivity contribution in [1.29, 1.82) is 0 Å². The number of ketones is 1. The van der Waals surface area contributed by atoms with Crippen molar-refractivity contribution in [3.8, 4) is 5.75 Å². The number of hydrogen-bond donors (Lipinski definition) is 2. The number of aromatic nitrogens is 1. The van der Waals surface area contributed by atoms with Gasteiger partial charge in [0.15, 0.2) is 5.13 Å². The Kier molecular flexibility index (Phi) is 6.98. The van der Waals surface area contributed by atoms with Crippen molar-refractivity contribution in [3.05, 3.63) is 39.9 Å². The van der Waals surface area contributed by atoms with Crippen LogP contribution in [-0.4, -0.2) is 40.8 Å². The molecule has 2 N–H and O–H groups in total. The van der Waals surface area contributed by atoms with Crippen molar-refractivity contribution in [2.75, 3.05) is 19.4 Å². The van der Waals surface area contributed by atoms with Crippen molar-refractivity contribution in [2.45, 2.75) is 77.7 Å². The molecule has 0 spiro atoms. The van der Waals surface area contributed by atoms with Gasteiger partial charge in [0, 0.05) is 41.4 Å². The molecule has 5 rings (SSSR count). The van der Waals surface area contributed by atoms with Crippen LogP contribution in [0.2, 0.25) is 0 Å². The third-order valence-corrected chi connectivity index (χ3v) is 9.93. The fraction of sp³-hybridized carbons (Fsp3) is 0.621. The number of nitrogens with zero attached hydrogens (tertiary/aromatic N) is 2. The molecule has 6 nitrogen and oxygen atoms in total. The minimum Gasteiger partial charge on any atom is -0.508 e. The Morgan fingerprint density at radius 2 is 2.11 bits per heavy atom. The normalized spacial score (nSPS) is 29.1. The predicted octanol–water partition coefficient (Wildman–Crippen LogP) is 5.68. The summed E-state index contributed by atoms with van der Waals surface area (Å²) in [5, 5.41) is 14.2. The molecule has 2 aromatic rings. The number of aryl methyl sites for hydroxylation is 2. The van der Waals surface area contributed by atoms with Gasteiger partial charge in [0.05, 0.1) is 0 Å². The van der Waals surface area contributed by atoms with Crippen LogP contribution < -0.4 is 5.32 Å². The molecule has 3 unspecified atom stereocenters. The molecule has 1 amide bonds. The van der Waals surface area contributed by atoms with Gasteiger partial charge in [-0.2, -0.15) is 0 Å². The van der Waals surface area contributed by atoms with Crippen LogP contribution in [0.4, 0.5) is 5.13 Å². The second kappa shape index (κ2) is 9.90. The maximum absolute atomic E-state index is 13.3. The summed E-state index contributed by atoms with van der Waals surface area (Å²) in [5.41, 5.74) is 3.45. The number of nitrogens with one attached hydrogen (secondary N) is 1. The number of benzene rings is 1. The molecule has 3 aliphatic rings.